The Hall–Kier alpha value is -7.79. The first-order chi connectivity index (χ1) is 44.8. The minimum Gasteiger partial charge on any atom is -0.481 e. The van der Waals surface area contributed by atoms with Crippen LogP contribution in [-0.2, 0) is 70.4 Å². The van der Waals surface area contributed by atoms with Gasteiger partial charge >= 0.3 is 5.97 Å². The van der Waals surface area contributed by atoms with E-state index in [4.69, 9.17) is 0 Å². The number of aromatic nitrogens is 1. The molecular weight excluding hydrogens is 1240 g/mol. The zero-order chi connectivity index (χ0) is 67.0. The molecule has 1 aromatic heterocycles. The Bertz CT molecular complexity index is 3120. The summed E-state index contributed by atoms with van der Waals surface area (Å²) in [5.74, 6) is -10.3. The van der Waals surface area contributed by atoms with E-state index in [9.17, 15) is 72.1 Å². The number of halogens is 1. The first-order valence-electron chi connectivity index (χ1n) is 32.4. The van der Waals surface area contributed by atoms with Crippen molar-refractivity contribution in [3.8, 4) is 0 Å². The minimum absolute atomic E-state index is 0.00500. The van der Waals surface area contributed by atoms with Crippen molar-refractivity contribution in [3.05, 3.63) is 71.7 Å². The van der Waals surface area contributed by atoms with E-state index in [-0.39, 0.29) is 81.6 Å². The van der Waals surface area contributed by atoms with Crippen molar-refractivity contribution >= 4 is 105 Å². The van der Waals surface area contributed by atoms with Crippen molar-refractivity contribution in [1.82, 2.24) is 62.6 Å². The number of amides is 11. The number of hydrogen-bond donors (Lipinski definition) is 12. The Morgan fingerprint density at radius 3 is 1.75 bits per heavy atom. The second-order valence-electron chi connectivity index (χ2n) is 24.0. The molecule has 4 aliphatic heterocycles. The molecule has 10 atom stereocenters. The fraction of sp³-hybridized carbons (Fsp3) is 0.594. The molecule has 12 N–H and O–H groups in total. The molecule has 0 saturated carbocycles. The van der Waals surface area contributed by atoms with Crippen molar-refractivity contribution in [2.75, 3.05) is 49.3 Å². The molecule has 7 rings (SSSR count). The summed E-state index contributed by atoms with van der Waals surface area (Å²) in [5.41, 5.74) is 1.62. The molecule has 2 aromatic carbocycles. The molecule has 1 unspecified atom stereocenters. The van der Waals surface area contributed by atoms with Crippen molar-refractivity contribution in [3.63, 3.8) is 0 Å². The predicted molar refractivity (Wildman–Crippen MR) is 346 cm³/mol. The van der Waals surface area contributed by atoms with Crippen LogP contribution >= 0.6 is 23.5 Å². The van der Waals surface area contributed by atoms with Crippen LogP contribution in [0.25, 0.3) is 10.9 Å². The number of aliphatic hydroxyl groups excluding tert-OH is 1. The van der Waals surface area contributed by atoms with E-state index in [1.165, 1.54) is 40.6 Å². The number of rotatable bonds is 16. The van der Waals surface area contributed by atoms with Gasteiger partial charge in [0.1, 0.15) is 66.2 Å². The standard InChI is InChI=1S/C64H89FN12O14S2/c1-3-5-7-8-9-18-44-56(83)73-48(35-78)60(87)70-45(31-38-21-23-40(65)24-22-38)58(85)72-47(33-54(80)81)64(91)77-28-13-20-52(77)63(90)71-46(32-39-34-67-42-17-11-10-15-41(39)42)59(86)74-49-36-92-29-14-30-93-37-50(61(88)68-44)75-57(84)43(16-6-4-2)69-62(89)51-19-12-27-76(51)53(79)25-26-66-55(49)82/h10-11,15,17,21-24,34,43-52,67,78H,3-9,12-14,16,18-20,25-33,35-37H2,1-2H3,(H,66,82)(H,68,88)(H,69,89)(H,70,87)(H,71,90)(H,72,85)(H,73,83)(H,74,86)(H,75,84)(H,80,81)/t43?,44-,45-,46-,47-,48-,49+,50-,51-,52-/m0/s1. The van der Waals surface area contributed by atoms with Gasteiger partial charge in [0.2, 0.25) is 65.0 Å². The number of carboxylic acid groups (broad SMARTS) is 1. The summed E-state index contributed by atoms with van der Waals surface area (Å²) in [5, 5.41) is 46.0. The largest absolute Gasteiger partial charge is 0.481 e. The third-order valence-corrected chi connectivity index (χ3v) is 19.3. The minimum atomic E-state index is -1.87. The monoisotopic (exact) mass is 1330 g/mol. The number of carbonyl (C=O) groups excluding carboxylic acids is 11. The topological polar surface area (TPSA) is 376 Å². The lowest BCUT2D eigenvalue weighted by Crippen LogP contribution is -2.61. The van der Waals surface area contributed by atoms with Gasteiger partial charge in [-0.15, -0.1) is 0 Å². The normalized spacial score (nSPS) is 26.2. The molecule has 3 aromatic rings. The van der Waals surface area contributed by atoms with Crippen LogP contribution < -0.4 is 47.9 Å². The average molecular weight is 1330 g/mol. The molecule has 4 saturated heterocycles. The summed E-state index contributed by atoms with van der Waals surface area (Å²) in [6, 6.07) is -2.04. The zero-order valence-electron chi connectivity index (χ0n) is 52.7. The second kappa shape index (κ2) is 36.6. The van der Waals surface area contributed by atoms with E-state index in [0.29, 0.717) is 55.6 Å². The van der Waals surface area contributed by atoms with Crippen molar-refractivity contribution < 1.29 is 72.1 Å². The lowest BCUT2D eigenvalue weighted by molar-refractivity contribution is -0.146. The molecular formula is C64H89FN12O14S2. The molecule has 508 valence electrons. The van der Waals surface area contributed by atoms with Gasteiger partial charge in [0.25, 0.3) is 0 Å². The summed E-state index contributed by atoms with van der Waals surface area (Å²) < 4.78 is 14.2. The summed E-state index contributed by atoms with van der Waals surface area (Å²) in [6.07, 6.45) is 6.44. The number of nitrogens with zero attached hydrogens (tertiary/aromatic N) is 2. The number of benzene rings is 2. The van der Waals surface area contributed by atoms with Crippen LogP contribution in [0.4, 0.5) is 4.39 Å². The van der Waals surface area contributed by atoms with E-state index < -0.39 is 157 Å². The van der Waals surface area contributed by atoms with Gasteiger partial charge in [0, 0.05) is 67.5 Å². The van der Waals surface area contributed by atoms with E-state index in [0.717, 1.165) is 47.2 Å². The maximum Gasteiger partial charge on any atom is 0.305 e. The number of unbranched alkanes of at least 4 members (excludes halogenated alkanes) is 5. The fourth-order valence-corrected chi connectivity index (χ4v) is 14.0. The highest BCUT2D eigenvalue weighted by Gasteiger charge is 2.42. The van der Waals surface area contributed by atoms with Gasteiger partial charge in [0.05, 0.1) is 13.0 Å². The smallest absolute Gasteiger partial charge is 0.305 e. The molecule has 11 amide bonds. The number of carboxylic acids is 1. The third kappa shape index (κ3) is 21.4. The number of hydrogen-bond acceptors (Lipinski definition) is 15. The fourth-order valence-electron chi connectivity index (χ4n) is 11.9. The number of carbonyl (C=O) groups is 12. The second-order valence-corrected chi connectivity index (χ2v) is 26.3. The summed E-state index contributed by atoms with van der Waals surface area (Å²) in [7, 11) is 0. The van der Waals surface area contributed by atoms with Crippen molar-refractivity contribution in [2.24, 2.45) is 0 Å². The highest BCUT2D eigenvalue weighted by atomic mass is 32.2. The SMILES string of the molecule is CCCCCCC[C@@H]1NC(=O)[C@@H]2CSCCCSC[C@@H](NC(=O)[C@H](Cc3c[nH]c4ccccc34)NC(=O)[C@@H]3CCCN3C(=O)[C@H](CC(=O)O)NC(=O)[C@H](Cc3ccc(F)cc3)NC(=O)[C@H](CO)NC1=O)C(=O)NCCC(=O)N1CCC[C@H]1C(=O)NC(CCCC)C(=O)N2. The van der Waals surface area contributed by atoms with Crippen LogP contribution in [0, 0.1) is 5.82 Å². The van der Waals surface area contributed by atoms with Crippen molar-refractivity contribution in [2.45, 2.75) is 190 Å². The molecule has 0 radical (unpaired) electrons. The highest BCUT2D eigenvalue weighted by Crippen LogP contribution is 2.24. The molecule has 0 spiro atoms. The van der Waals surface area contributed by atoms with Crippen LogP contribution in [0.15, 0.2) is 54.7 Å². The lowest BCUT2D eigenvalue weighted by atomic mass is 10.0. The summed E-state index contributed by atoms with van der Waals surface area (Å²) in [4.78, 5) is 178. The first-order valence-corrected chi connectivity index (χ1v) is 34.7. The van der Waals surface area contributed by atoms with E-state index >= 15 is 0 Å². The maximum atomic E-state index is 14.9. The maximum absolute atomic E-state index is 14.9. The molecule has 5 heterocycles. The van der Waals surface area contributed by atoms with Crippen LogP contribution in [0.1, 0.15) is 128 Å². The van der Waals surface area contributed by atoms with Gasteiger partial charge in [-0.1, -0.05) is 89.1 Å². The first kappa shape index (κ1) is 72.6. The van der Waals surface area contributed by atoms with Gasteiger partial charge in [-0.2, -0.15) is 23.5 Å². The molecule has 93 heavy (non-hydrogen) atoms. The lowest BCUT2D eigenvalue weighted by Gasteiger charge is -2.31. The van der Waals surface area contributed by atoms with E-state index in [2.05, 4.69) is 52.8 Å². The molecule has 0 aliphatic carbocycles. The Kier molecular flexibility index (Phi) is 28.6. The number of aliphatic hydroxyl groups is 1. The highest BCUT2D eigenvalue weighted by molar-refractivity contribution is 8.00. The third-order valence-electron chi connectivity index (χ3n) is 17.0. The molecule has 2 bridgehead atoms. The summed E-state index contributed by atoms with van der Waals surface area (Å²) >= 11 is 2.63. The molecule has 4 aliphatic rings. The Labute approximate surface area is 548 Å². The Balaban J connectivity index is 1.29. The number of H-pyrrole nitrogens is 1. The average Bonchev–Trinajstić information content (AvgIpc) is 1.77. The van der Waals surface area contributed by atoms with Gasteiger partial charge in [0.15, 0.2) is 0 Å². The summed E-state index contributed by atoms with van der Waals surface area (Å²) in [6.45, 7) is 2.84. The van der Waals surface area contributed by atoms with Crippen LogP contribution in [0.3, 0.4) is 0 Å². The molecule has 4 fully saturated rings. The number of aromatic amines is 1. The zero-order valence-corrected chi connectivity index (χ0v) is 54.4. The quantitative estimate of drug-likeness (QED) is 0.0901. The molecule has 29 heteroatoms. The molecule has 26 nitrogen and oxygen atoms in total. The Morgan fingerprint density at radius 1 is 0.559 bits per heavy atom. The number of aliphatic carboxylic acids is 1. The van der Waals surface area contributed by atoms with E-state index in [1.54, 1.807) is 12.3 Å². The number of nitrogens with one attached hydrogen (secondary N) is 10. The van der Waals surface area contributed by atoms with Gasteiger partial charge < -0.3 is 72.8 Å². The predicted octanol–water partition coefficient (Wildman–Crippen LogP) is 1.36. The van der Waals surface area contributed by atoms with Gasteiger partial charge in [-0.25, -0.2) is 4.39 Å². The van der Waals surface area contributed by atoms with Crippen molar-refractivity contribution in [1.29, 1.82) is 0 Å². The van der Waals surface area contributed by atoms with Crippen LogP contribution in [0.5, 0.6) is 0 Å². The van der Waals surface area contributed by atoms with Crippen LogP contribution in [-0.4, -0.2) is 206 Å². The van der Waals surface area contributed by atoms with Crippen LogP contribution in [0.2, 0.25) is 0 Å². The number of thioether (sulfide) groups is 2. The number of fused-ring (bicyclic) bond motifs is 11. The van der Waals surface area contributed by atoms with Gasteiger partial charge in [-0.05, 0) is 85.8 Å². The number of para-hydroxylation sites is 1. The van der Waals surface area contributed by atoms with Gasteiger partial charge in [-0.3, -0.25) is 57.5 Å². The Morgan fingerprint density at radius 2 is 1.09 bits per heavy atom. The van der Waals surface area contributed by atoms with E-state index in [1.807, 2.05) is 32.0 Å².